The Morgan fingerprint density at radius 1 is 1.31 bits per heavy atom. The van der Waals surface area contributed by atoms with Gasteiger partial charge in [0.25, 0.3) is 0 Å². The van der Waals surface area contributed by atoms with Crippen LogP contribution in [0, 0.1) is 18.2 Å². The second-order valence-corrected chi connectivity index (χ2v) is 5.38. The molecule has 1 aromatic rings. The Bertz CT molecular complexity index is 352. The zero-order chi connectivity index (χ0) is 12.3. The van der Waals surface area contributed by atoms with E-state index >= 15 is 0 Å². The average Bonchev–Trinajstić information content (AvgIpc) is 2.13. The molecule has 0 aliphatic carbocycles. The lowest BCUT2D eigenvalue weighted by Crippen LogP contribution is -2.32. The molecule has 0 saturated carbocycles. The van der Waals surface area contributed by atoms with Crippen molar-refractivity contribution in [3.63, 3.8) is 0 Å². The fourth-order valence-corrected chi connectivity index (χ4v) is 1.95. The van der Waals surface area contributed by atoms with Gasteiger partial charge < -0.3 is 5.32 Å². The number of nitrogens with one attached hydrogen (secondary N) is 1. The molecule has 1 rings (SSSR count). The lowest BCUT2D eigenvalue weighted by molar-refractivity contribution is 0.270. The maximum absolute atomic E-state index is 13.9. The number of aryl methyl sites for hydroxylation is 1. The van der Waals surface area contributed by atoms with E-state index in [0.29, 0.717) is 0 Å². The summed E-state index contributed by atoms with van der Waals surface area (Å²) in [5.74, 6) is -0.110. The third-order valence-corrected chi connectivity index (χ3v) is 2.74. The van der Waals surface area contributed by atoms with E-state index in [1.165, 1.54) is 0 Å². The molecule has 0 bridgehead atoms. The van der Waals surface area contributed by atoms with Gasteiger partial charge in [-0.05, 0) is 30.5 Å². The summed E-state index contributed by atoms with van der Waals surface area (Å²) in [4.78, 5) is 0. The summed E-state index contributed by atoms with van der Waals surface area (Å²) in [5.41, 5.74) is 1.73. The van der Waals surface area contributed by atoms with Gasteiger partial charge >= 0.3 is 0 Å². The first kappa shape index (κ1) is 13.2. The van der Waals surface area contributed by atoms with Gasteiger partial charge in [0.15, 0.2) is 0 Å². The average molecular weight is 223 g/mol. The van der Waals surface area contributed by atoms with E-state index in [1.54, 1.807) is 6.07 Å². The summed E-state index contributed by atoms with van der Waals surface area (Å²) in [6.45, 7) is 11.2. The first-order chi connectivity index (χ1) is 7.36. The highest BCUT2D eigenvalue weighted by molar-refractivity contribution is 5.27. The van der Waals surface area contributed by atoms with E-state index in [4.69, 9.17) is 0 Å². The highest BCUT2D eigenvalue weighted by Crippen LogP contribution is 2.34. The minimum Gasteiger partial charge on any atom is -0.310 e. The van der Waals surface area contributed by atoms with Crippen LogP contribution in [0.2, 0.25) is 0 Å². The number of halogens is 1. The van der Waals surface area contributed by atoms with Crippen molar-refractivity contribution in [1.29, 1.82) is 0 Å². The molecule has 0 radical (unpaired) electrons. The van der Waals surface area contributed by atoms with Crippen LogP contribution in [0.3, 0.4) is 0 Å². The molecule has 0 aliphatic rings. The number of hydrogen-bond donors (Lipinski definition) is 1. The summed E-state index contributed by atoms with van der Waals surface area (Å²) >= 11 is 0. The van der Waals surface area contributed by atoms with Crippen LogP contribution in [0.1, 0.15) is 44.9 Å². The Balaban J connectivity index is 3.11. The van der Waals surface area contributed by atoms with Crippen LogP contribution in [0.15, 0.2) is 18.2 Å². The van der Waals surface area contributed by atoms with Crippen molar-refractivity contribution in [2.45, 2.75) is 40.7 Å². The normalized spacial score (nSPS) is 13.9. The van der Waals surface area contributed by atoms with Crippen molar-refractivity contribution in [1.82, 2.24) is 5.32 Å². The van der Waals surface area contributed by atoms with Gasteiger partial charge in [-0.2, -0.15) is 0 Å². The number of benzene rings is 1. The fourth-order valence-electron chi connectivity index (χ4n) is 1.95. The topological polar surface area (TPSA) is 12.0 Å². The minimum absolute atomic E-state index is 0.00606. The predicted molar refractivity (Wildman–Crippen MR) is 67.0 cm³/mol. The molecule has 1 atom stereocenters. The molecule has 2 heteroatoms. The van der Waals surface area contributed by atoms with Crippen molar-refractivity contribution in [3.05, 3.63) is 35.1 Å². The molecule has 0 heterocycles. The monoisotopic (exact) mass is 223 g/mol. The lowest BCUT2D eigenvalue weighted by Gasteiger charge is -2.32. The summed E-state index contributed by atoms with van der Waals surface area (Å²) < 4.78 is 13.9. The maximum atomic E-state index is 13.9. The zero-order valence-electron chi connectivity index (χ0n) is 10.9. The van der Waals surface area contributed by atoms with Crippen molar-refractivity contribution in [3.8, 4) is 0 Å². The predicted octanol–water partition coefficient (Wildman–Crippen LogP) is 3.83. The van der Waals surface area contributed by atoms with E-state index in [9.17, 15) is 4.39 Å². The Morgan fingerprint density at radius 2 is 1.94 bits per heavy atom. The van der Waals surface area contributed by atoms with Gasteiger partial charge in [-0.25, -0.2) is 4.39 Å². The molecule has 0 spiro atoms. The third kappa shape index (κ3) is 3.05. The molecule has 0 saturated heterocycles. The fraction of sp³-hybridized carbons (Fsp3) is 0.571. The van der Waals surface area contributed by atoms with Crippen LogP contribution in [-0.2, 0) is 0 Å². The van der Waals surface area contributed by atoms with Crippen LogP contribution in [0.4, 0.5) is 4.39 Å². The van der Waals surface area contributed by atoms with Crippen molar-refractivity contribution < 1.29 is 4.39 Å². The van der Waals surface area contributed by atoms with Gasteiger partial charge in [-0.3, -0.25) is 0 Å². The Hall–Kier alpha value is -0.890. The summed E-state index contributed by atoms with van der Waals surface area (Å²) in [6, 6.07) is 5.52. The second-order valence-electron chi connectivity index (χ2n) is 5.38. The minimum atomic E-state index is -0.110. The van der Waals surface area contributed by atoms with Gasteiger partial charge in [0.2, 0.25) is 0 Å². The first-order valence-electron chi connectivity index (χ1n) is 5.85. The van der Waals surface area contributed by atoms with E-state index < -0.39 is 0 Å². The molecule has 0 aliphatic heterocycles. The largest absolute Gasteiger partial charge is 0.310 e. The van der Waals surface area contributed by atoms with E-state index in [-0.39, 0.29) is 17.3 Å². The molecule has 0 aromatic heterocycles. The Labute approximate surface area is 98.1 Å². The van der Waals surface area contributed by atoms with Crippen molar-refractivity contribution >= 4 is 0 Å². The molecule has 1 unspecified atom stereocenters. The highest BCUT2D eigenvalue weighted by atomic mass is 19.1. The van der Waals surface area contributed by atoms with Crippen LogP contribution in [0.5, 0.6) is 0 Å². The van der Waals surface area contributed by atoms with Crippen molar-refractivity contribution in [2.24, 2.45) is 5.41 Å². The van der Waals surface area contributed by atoms with Crippen molar-refractivity contribution in [2.75, 3.05) is 6.54 Å². The maximum Gasteiger partial charge on any atom is 0.128 e. The van der Waals surface area contributed by atoms with Crippen LogP contribution in [0.25, 0.3) is 0 Å². The highest BCUT2D eigenvalue weighted by Gasteiger charge is 2.27. The third-order valence-electron chi connectivity index (χ3n) is 2.74. The number of rotatable bonds is 3. The molecule has 1 nitrogen and oxygen atoms in total. The lowest BCUT2D eigenvalue weighted by atomic mass is 9.82. The first-order valence-corrected chi connectivity index (χ1v) is 5.85. The molecule has 0 amide bonds. The van der Waals surface area contributed by atoms with Gasteiger partial charge in [-0.15, -0.1) is 0 Å². The Kier molecular flexibility index (Phi) is 4.09. The SMILES string of the molecule is CCNC(c1ccc(C)cc1F)C(C)(C)C. The summed E-state index contributed by atoms with van der Waals surface area (Å²) in [7, 11) is 0. The molecular weight excluding hydrogens is 201 g/mol. The van der Waals surface area contributed by atoms with E-state index in [1.807, 2.05) is 26.0 Å². The zero-order valence-corrected chi connectivity index (χ0v) is 10.9. The Morgan fingerprint density at radius 3 is 2.38 bits per heavy atom. The summed E-state index contributed by atoms with van der Waals surface area (Å²) in [5, 5.41) is 3.36. The van der Waals surface area contributed by atoms with Gasteiger partial charge in [0.1, 0.15) is 5.82 Å². The van der Waals surface area contributed by atoms with Crippen LogP contribution in [-0.4, -0.2) is 6.54 Å². The molecule has 16 heavy (non-hydrogen) atoms. The van der Waals surface area contributed by atoms with Gasteiger partial charge in [-0.1, -0.05) is 39.8 Å². The number of hydrogen-bond acceptors (Lipinski definition) is 1. The van der Waals surface area contributed by atoms with Crippen LogP contribution >= 0.6 is 0 Å². The van der Waals surface area contributed by atoms with Gasteiger partial charge in [0.05, 0.1) is 0 Å². The molecule has 0 fully saturated rings. The molecule has 90 valence electrons. The van der Waals surface area contributed by atoms with Crippen LogP contribution < -0.4 is 5.32 Å². The summed E-state index contributed by atoms with van der Waals surface area (Å²) in [6.07, 6.45) is 0. The molecular formula is C14H22FN. The standard InChI is InChI=1S/C14H22FN/c1-6-16-13(14(3,4)5)11-8-7-10(2)9-12(11)15/h7-9,13,16H,6H2,1-5H3. The smallest absolute Gasteiger partial charge is 0.128 e. The van der Waals surface area contributed by atoms with E-state index in [2.05, 4.69) is 26.1 Å². The van der Waals surface area contributed by atoms with Gasteiger partial charge in [0, 0.05) is 11.6 Å². The molecule has 1 N–H and O–H groups in total. The van der Waals surface area contributed by atoms with E-state index in [0.717, 1.165) is 17.7 Å². The quantitative estimate of drug-likeness (QED) is 0.821. The second kappa shape index (κ2) is 4.96. The molecule has 1 aromatic carbocycles.